The van der Waals surface area contributed by atoms with Crippen molar-refractivity contribution < 1.29 is 9.34 Å². The molecule has 0 aliphatic carbocycles. The Morgan fingerprint density at radius 1 is 1.57 bits per heavy atom. The predicted octanol–water partition coefficient (Wildman–Crippen LogP) is 2.96. The van der Waals surface area contributed by atoms with Crippen LogP contribution in [0.4, 0.5) is 5.88 Å². The van der Waals surface area contributed by atoms with Crippen LogP contribution in [0.25, 0.3) is 11.5 Å². The van der Waals surface area contributed by atoms with Gasteiger partial charge in [0.15, 0.2) is 10.2 Å². The van der Waals surface area contributed by atoms with Crippen molar-refractivity contribution >= 4 is 28.8 Å². The van der Waals surface area contributed by atoms with Crippen molar-refractivity contribution in [1.29, 1.82) is 0 Å². The Bertz CT molecular complexity index is 479. The lowest BCUT2D eigenvalue weighted by Gasteiger charge is -1.86. The van der Waals surface area contributed by atoms with Crippen molar-refractivity contribution in [1.82, 2.24) is 4.98 Å². The Kier molecular flexibility index (Phi) is 2.22. The van der Waals surface area contributed by atoms with E-state index in [-0.39, 0.29) is 5.88 Å². The van der Waals surface area contributed by atoms with Crippen LogP contribution in [-0.2, 0) is 0 Å². The van der Waals surface area contributed by atoms with E-state index >= 15 is 0 Å². The van der Waals surface area contributed by atoms with E-state index < -0.39 is 4.92 Å². The second kappa shape index (κ2) is 3.39. The van der Waals surface area contributed by atoms with Crippen LogP contribution in [-0.4, -0.2) is 9.91 Å². The lowest BCUT2D eigenvalue weighted by atomic mass is 10.4. The summed E-state index contributed by atoms with van der Waals surface area (Å²) in [7, 11) is 0. The maximum Gasteiger partial charge on any atom is 0.433 e. The summed E-state index contributed by atoms with van der Waals surface area (Å²) in [5.41, 5.74) is 0.508. The standard InChI is InChI=1S/C7H3ClN2O3S/c8-7-9-4(3-14-7)5-1-2-6(13-5)10(11)12/h1-3H. The highest BCUT2D eigenvalue weighted by atomic mass is 35.5. The third kappa shape index (κ3) is 1.61. The van der Waals surface area contributed by atoms with Crippen LogP contribution in [0.5, 0.6) is 0 Å². The molecule has 0 aliphatic heterocycles. The second-order valence-electron chi connectivity index (χ2n) is 2.38. The Morgan fingerprint density at radius 3 is 2.86 bits per heavy atom. The summed E-state index contributed by atoms with van der Waals surface area (Å²) in [6, 6.07) is 2.77. The van der Waals surface area contributed by atoms with Crippen molar-refractivity contribution in [2.24, 2.45) is 0 Å². The quantitative estimate of drug-likeness (QED) is 0.587. The average Bonchev–Trinajstić information content (AvgIpc) is 2.70. The summed E-state index contributed by atoms with van der Waals surface area (Å²) >= 11 is 6.85. The highest BCUT2D eigenvalue weighted by Gasteiger charge is 2.14. The minimum atomic E-state index is -0.600. The molecule has 0 aliphatic rings. The molecule has 0 N–H and O–H groups in total. The first kappa shape index (κ1) is 9.17. The van der Waals surface area contributed by atoms with Crippen molar-refractivity contribution in [2.75, 3.05) is 0 Å². The second-order valence-corrected chi connectivity index (χ2v) is 3.82. The lowest BCUT2D eigenvalue weighted by molar-refractivity contribution is -0.401. The van der Waals surface area contributed by atoms with Crippen LogP contribution in [0.3, 0.4) is 0 Å². The monoisotopic (exact) mass is 230 g/mol. The number of rotatable bonds is 2. The van der Waals surface area contributed by atoms with E-state index in [1.54, 1.807) is 5.38 Å². The molecule has 0 aromatic carbocycles. The van der Waals surface area contributed by atoms with E-state index in [1.807, 2.05) is 0 Å². The maximum absolute atomic E-state index is 10.3. The molecule has 7 heteroatoms. The normalized spacial score (nSPS) is 10.4. The van der Waals surface area contributed by atoms with Gasteiger partial charge in [-0.2, -0.15) is 0 Å². The van der Waals surface area contributed by atoms with E-state index in [0.29, 0.717) is 15.9 Å². The van der Waals surface area contributed by atoms with Crippen LogP contribution >= 0.6 is 22.9 Å². The molecule has 5 nitrogen and oxygen atoms in total. The number of hydrogen-bond donors (Lipinski definition) is 0. The molecule has 0 atom stereocenters. The molecule has 0 bridgehead atoms. The Morgan fingerprint density at radius 2 is 2.36 bits per heavy atom. The van der Waals surface area contributed by atoms with Crippen LogP contribution in [0.2, 0.25) is 4.47 Å². The van der Waals surface area contributed by atoms with E-state index in [9.17, 15) is 10.1 Å². The summed E-state index contributed by atoms with van der Waals surface area (Å²) in [6.07, 6.45) is 0. The molecule has 0 saturated carbocycles. The fraction of sp³-hybridized carbons (Fsp3) is 0. The van der Waals surface area contributed by atoms with Crippen molar-refractivity contribution in [2.45, 2.75) is 0 Å². The smallest absolute Gasteiger partial charge is 0.399 e. The number of hydrogen-bond acceptors (Lipinski definition) is 5. The third-order valence-corrected chi connectivity index (χ3v) is 2.48. The third-order valence-electron chi connectivity index (χ3n) is 1.50. The molecule has 14 heavy (non-hydrogen) atoms. The molecule has 0 radical (unpaired) electrons. The van der Waals surface area contributed by atoms with Gasteiger partial charge in [0, 0.05) is 5.38 Å². The van der Waals surface area contributed by atoms with Crippen molar-refractivity contribution in [3.05, 3.63) is 32.1 Å². The summed E-state index contributed by atoms with van der Waals surface area (Å²) in [5.74, 6) is 0.0453. The first-order chi connectivity index (χ1) is 6.66. The van der Waals surface area contributed by atoms with E-state index in [1.165, 1.54) is 23.5 Å². The van der Waals surface area contributed by atoms with Crippen LogP contribution in [0.15, 0.2) is 21.9 Å². The number of furan rings is 1. The zero-order valence-electron chi connectivity index (χ0n) is 6.64. The summed E-state index contributed by atoms with van der Waals surface area (Å²) < 4.78 is 5.31. The van der Waals surface area contributed by atoms with Gasteiger partial charge in [0.2, 0.25) is 0 Å². The predicted molar refractivity (Wildman–Crippen MR) is 51.5 cm³/mol. The topological polar surface area (TPSA) is 69.2 Å². The van der Waals surface area contributed by atoms with Gasteiger partial charge < -0.3 is 4.42 Å². The molecule has 0 amide bonds. The lowest BCUT2D eigenvalue weighted by Crippen LogP contribution is -1.82. The average molecular weight is 231 g/mol. The summed E-state index contributed by atoms with van der Waals surface area (Å²) in [5, 5.41) is 12.0. The number of aromatic nitrogens is 1. The molecule has 2 rings (SSSR count). The molecule has 2 heterocycles. The summed E-state index contributed by atoms with van der Waals surface area (Å²) in [6.45, 7) is 0. The molecule has 0 spiro atoms. The van der Waals surface area contributed by atoms with Gasteiger partial charge in [0.25, 0.3) is 0 Å². The molecular weight excluding hydrogens is 228 g/mol. The van der Waals surface area contributed by atoms with Gasteiger partial charge >= 0.3 is 5.88 Å². The van der Waals surface area contributed by atoms with Gasteiger partial charge in [-0.05, 0) is 6.07 Å². The fourth-order valence-corrected chi connectivity index (χ4v) is 1.68. The van der Waals surface area contributed by atoms with Gasteiger partial charge in [0.1, 0.15) is 10.6 Å². The summed E-state index contributed by atoms with van der Waals surface area (Å²) in [4.78, 5) is 13.6. The van der Waals surface area contributed by atoms with E-state index in [0.717, 1.165) is 0 Å². The van der Waals surface area contributed by atoms with Crippen LogP contribution in [0, 0.1) is 10.1 Å². The fourth-order valence-electron chi connectivity index (χ4n) is 0.928. The maximum atomic E-state index is 10.3. The first-order valence-electron chi connectivity index (χ1n) is 3.52. The molecular formula is C7H3ClN2O3S. The molecule has 0 fully saturated rings. The minimum Gasteiger partial charge on any atom is -0.399 e. The van der Waals surface area contributed by atoms with Gasteiger partial charge in [-0.15, -0.1) is 11.3 Å². The number of nitro groups is 1. The number of thiazole rings is 1. The van der Waals surface area contributed by atoms with Crippen molar-refractivity contribution in [3.63, 3.8) is 0 Å². The van der Waals surface area contributed by atoms with Gasteiger partial charge in [-0.3, -0.25) is 10.1 Å². The van der Waals surface area contributed by atoms with Crippen molar-refractivity contribution in [3.8, 4) is 11.5 Å². The molecule has 0 saturated heterocycles. The van der Waals surface area contributed by atoms with Gasteiger partial charge in [-0.25, -0.2) is 4.98 Å². The zero-order valence-corrected chi connectivity index (χ0v) is 8.21. The molecule has 2 aromatic rings. The van der Waals surface area contributed by atoms with Gasteiger partial charge in [0.05, 0.1) is 6.07 Å². The SMILES string of the molecule is O=[N+]([O-])c1ccc(-c2csc(Cl)n2)o1. The zero-order chi connectivity index (χ0) is 10.1. The van der Waals surface area contributed by atoms with Crippen LogP contribution in [0.1, 0.15) is 0 Å². The van der Waals surface area contributed by atoms with E-state index in [4.69, 9.17) is 16.0 Å². The highest BCUT2D eigenvalue weighted by molar-refractivity contribution is 7.14. The first-order valence-corrected chi connectivity index (χ1v) is 4.78. The highest BCUT2D eigenvalue weighted by Crippen LogP contribution is 2.28. The number of nitrogens with zero attached hydrogens (tertiary/aromatic N) is 2. The molecule has 72 valence electrons. The molecule has 0 unspecified atom stereocenters. The van der Waals surface area contributed by atoms with Crippen LogP contribution < -0.4 is 0 Å². The minimum absolute atomic E-state index is 0.302. The van der Waals surface area contributed by atoms with Gasteiger partial charge in [-0.1, -0.05) is 11.6 Å². The molecule has 2 aromatic heterocycles. The Labute approximate surface area is 87.1 Å². The Balaban J connectivity index is 2.38. The van der Waals surface area contributed by atoms with E-state index in [2.05, 4.69) is 4.98 Å². The largest absolute Gasteiger partial charge is 0.433 e. The Hall–Kier alpha value is -1.40. The number of halogens is 1.